The quantitative estimate of drug-likeness (QED) is 0.645. The predicted molar refractivity (Wildman–Crippen MR) is 118 cm³/mol. The molecule has 2 aliphatic rings. The molecular formula is C24H30N6O. The molecule has 0 aromatic carbocycles. The maximum atomic E-state index is 13.7. The smallest absolute Gasteiger partial charge is 0.256 e. The number of aromatic nitrogens is 5. The Morgan fingerprint density at radius 1 is 1.10 bits per heavy atom. The van der Waals surface area contributed by atoms with Crippen LogP contribution in [-0.2, 0) is 19.5 Å². The van der Waals surface area contributed by atoms with E-state index in [0.717, 1.165) is 73.1 Å². The molecule has 1 unspecified atom stereocenters. The molecular weight excluding hydrogens is 388 g/mol. The molecule has 1 saturated heterocycles. The first-order valence-corrected chi connectivity index (χ1v) is 11.4. The number of pyridine rings is 1. The third kappa shape index (κ3) is 3.66. The van der Waals surface area contributed by atoms with Crippen molar-refractivity contribution < 1.29 is 4.79 Å². The first kappa shape index (κ1) is 20.0. The van der Waals surface area contributed by atoms with E-state index in [2.05, 4.69) is 31.2 Å². The molecule has 5 rings (SSSR count). The van der Waals surface area contributed by atoms with Gasteiger partial charge in [-0.15, -0.1) is 10.2 Å². The molecule has 0 bridgehead atoms. The number of carbonyl (C=O) groups is 1. The van der Waals surface area contributed by atoms with Crippen LogP contribution in [0.1, 0.15) is 77.2 Å². The number of fused-ring (bicyclic) bond motifs is 1. The van der Waals surface area contributed by atoms with E-state index in [9.17, 15) is 4.79 Å². The summed E-state index contributed by atoms with van der Waals surface area (Å²) >= 11 is 0. The molecule has 0 radical (unpaired) electrons. The van der Waals surface area contributed by atoms with Gasteiger partial charge < -0.3 is 14.0 Å². The van der Waals surface area contributed by atoms with Gasteiger partial charge in [0.25, 0.3) is 5.91 Å². The van der Waals surface area contributed by atoms with Gasteiger partial charge in [0.1, 0.15) is 5.82 Å². The van der Waals surface area contributed by atoms with Crippen molar-refractivity contribution in [1.82, 2.24) is 29.2 Å². The average Bonchev–Trinajstić information content (AvgIpc) is 3.43. The Kier molecular flexibility index (Phi) is 5.34. The summed E-state index contributed by atoms with van der Waals surface area (Å²) in [6.45, 7) is 6.52. The third-order valence-electron chi connectivity index (χ3n) is 6.80. The Hall–Kier alpha value is -2.96. The number of hydrogen-bond donors (Lipinski definition) is 0. The summed E-state index contributed by atoms with van der Waals surface area (Å²) in [5, 5.41) is 9.03. The van der Waals surface area contributed by atoms with Crippen molar-refractivity contribution in [3.63, 3.8) is 0 Å². The molecule has 3 aromatic heterocycles. The van der Waals surface area contributed by atoms with Crippen LogP contribution in [0.5, 0.6) is 0 Å². The highest BCUT2D eigenvalue weighted by Crippen LogP contribution is 2.34. The zero-order valence-corrected chi connectivity index (χ0v) is 18.4. The van der Waals surface area contributed by atoms with E-state index in [-0.39, 0.29) is 11.9 Å². The Balaban J connectivity index is 1.42. The minimum absolute atomic E-state index is 0.0192. The lowest BCUT2D eigenvalue weighted by molar-refractivity contribution is 0.0726. The maximum Gasteiger partial charge on any atom is 0.256 e. The number of amides is 1. The van der Waals surface area contributed by atoms with Gasteiger partial charge >= 0.3 is 0 Å². The lowest BCUT2D eigenvalue weighted by Crippen LogP contribution is -2.32. The summed E-state index contributed by atoms with van der Waals surface area (Å²) in [6, 6.07) is 7.99. The van der Waals surface area contributed by atoms with E-state index < -0.39 is 0 Å². The molecule has 0 saturated carbocycles. The molecule has 7 heteroatoms. The van der Waals surface area contributed by atoms with Gasteiger partial charge in [-0.2, -0.15) is 0 Å². The SMILES string of the molecule is Cc1cc(C(=O)N2CCCC2c2nnc3n2CCCCC3)c(C)n1Cc1ccccn1. The Morgan fingerprint density at radius 3 is 2.84 bits per heavy atom. The minimum Gasteiger partial charge on any atom is -0.342 e. The van der Waals surface area contributed by atoms with Crippen LogP contribution in [0, 0.1) is 13.8 Å². The summed E-state index contributed by atoms with van der Waals surface area (Å²) < 4.78 is 4.47. The van der Waals surface area contributed by atoms with Crippen LogP contribution < -0.4 is 0 Å². The summed E-state index contributed by atoms with van der Waals surface area (Å²) in [7, 11) is 0. The second kappa shape index (κ2) is 8.29. The fraction of sp³-hybridized carbons (Fsp3) is 0.500. The van der Waals surface area contributed by atoms with Crippen molar-refractivity contribution in [2.24, 2.45) is 0 Å². The summed E-state index contributed by atoms with van der Waals surface area (Å²) in [5.41, 5.74) is 3.86. The molecule has 2 aliphatic heterocycles. The number of nitrogens with zero attached hydrogens (tertiary/aromatic N) is 6. The fourth-order valence-electron chi connectivity index (χ4n) is 5.10. The van der Waals surface area contributed by atoms with Crippen molar-refractivity contribution in [1.29, 1.82) is 0 Å². The van der Waals surface area contributed by atoms with E-state index in [1.165, 1.54) is 12.8 Å². The van der Waals surface area contributed by atoms with E-state index in [0.29, 0.717) is 6.54 Å². The molecule has 0 spiro atoms. The summed E-state index contributed by atoms with van der Waals surface area (Å²) in [4.78, 5) is 20.1. The highest BCUT2D eigenvalue weighted by Gasteiger charge is 2.36. The van der Waals surface area contributed by atoms with Crippen LogP contribution in [0.15, 0.2) is 30.5 Å². The van der Waals surface area contributed by atoms with Crippen LogP contribution in [0.4, 0.5) is 0 Å². The Bertz CT molecular complexity index is 1080. The van der Waals surface area contributed by atoms with Crippen molar-refractivity contribution in [2.45, 2.75) is 71.5 Å². The molecule has 1 atom stereocenters. The Morgan fingerprint density at radius 2 is 2.00 bits per heavy atom. The standard InChI is InChI=1S/C24H30N6O/c1-17-15-20(18(2)30(17)16-19-9-5-6-12-25-19)24(31)28-14-8-10-21(28)23-27-26-22-11-4-3-7-13-29(22)23/h5-6,9,12,15,21H,3-4,7-8,10-11,13-14,16H2,1-2H3. The van der Waals surface area contributed by atoms with E-state index in [1.807, 2.05) is 42.3 Å². The maximum absolute atomic E-state index is 13.7. The number of likely N-dealkylation sites (tertiary alicyclic amines) is 1. The number of carbonyl (C=O) groups excluding carboxylic acids is 1. The molecule has 31 heavy (non-hydrogen) atoms. The molecule has 0 aliphatic carbocycles. The van der Waals surface area contributed by atoms with Crippen molar-refractivity contribution in [2.75, 3.05) is 6.54 Å². The molecule has 162 valence electrons. The zero-order chi connectivity index (χ0) is 21.4. The Labute approximate surface area is 183 Å². The van der Waals surface area contributed by atoms with E-state index in [4.69, 9.17) is 0 Å². The van der Waals surface area contributed by atoms with Crippen LogP contribution in [0.3, 0.4) is 0 Å². The average molecular weight is 419 g/mol. The molecule has 1 amide bonds. The summed E-state index contributed by atoms with van der Waals surface area (Å²) in [6.07, 6.45) is 8.33. The fourth-order valence-corrected chi connectivity index (χ4v) is 5.10. The number of hydrogen-bond acceptors (Lipinski definition) is 4. The van der Waals surface area contributed by atoms with Crippen LogP contribution in [0.25, 0.3) is 0 Å². The van der Waals surface area contributed by atoms with E-state index in [1.54, 1.807) is 0 Å². The number of rotatable bonds is 4. The lowest BCUT2D eigenvalue weighted by Gasteiger charge is -2.25. The summed E-state index contributed by atoms with van der Waals surface area (Å²) in [5.74, 6) is 2.17. The van der Waals surface area contributed by atoms with Gasteiger partial charge in [0.15, 0.2) is 5.82 Å². The first-order chi connectivity index (χ1) is 15.1. The van der Waals surface area contributed by atoms with Gasteiger partial charge in [-0.05, 0) is 57.7 Å². The molecule has 7 nitrogen and oxygen atoms in total. The van der Waals surface area contributed by atoms with Crippen molar-refractivity contribution in [3.05, 3.63) is 64.8 Å². The molecule has 5 heterocycles. The molecule has 1 fully saturated rings. The largest absolute Gasteiger partial charge is 0.342 e. The lowest BCUT2D eigenvalue weighted by atomic mass is 10.1. The third-order valence-corrected chi connectivity index (χ3v) is 6.80. The second-order valence-electron chi connectivity index (χ2n) is 8.79. The van der Waals surface area contributed by atoms with Gasteiger partial charge in [-0.25, -0.2) is 0 Å². The molecule has 0 N–H and O–H groups in total. The van der Waals surface area contributed by atoms with Gasteiger partial charge in [0, 0.05) is 37.1 Å². The predicted octanol–water partition coefficient (Wildman–Crippen LogP) is 3.84. The van der Waals surface area contributed by atoms with Gasteiger partial charge in [-0.1, -0.05) is 12.5 Å². The molecule has 3 aromatic rings. The van der Waals surface area contributed by atoms with Crippen molar-refractivity contribution >= 4 is 5.91 Å². The van der Waals surface area contributed by atoms with Crippen LogP contribution >= 0.6 is 0 Å². The second-order valence-corrected chi connectivity index (χ2v) is 8.79. The van der Waals surface area contributed by atoms with Crippen molar-refractivity contribution in [3.8, 4) is 0 Å². The highest BCUT2D eigenvalue weighted by atomic mass is 16.2. The van der Waals surface area contributed by atoms with Crippen LogP contribution in [-0.4, -0.2) is 41.7 Å². The topological polar surface area (TPSA) is 68.8 Å². The zero-order valence-electron chi connectivity index (χ0n) is 18.4. The number of aryl methyl sites for hydroxylation is 2. The minimum atomic E-state index is 0.0192. The van der Waals surface area contributed by atoms with Gasteiger partial charge in [-0.3, -0.25) is 9.78 Å². The van der Waals surface area contributed by atoms with Gasteiger partial charge in [0.05, 0.1) is 23.8 Å². The highest BCUT2D eigenvalue weighted by molar-refractivity contribution is 5.96. The normalized spacial score (nSPS) is 18.8. The first-order valence-electron chi connectivity index (χ1n) is 11.4. The van der Waals surface area contributed by atoms with Gasteiger partial charge in [0.2, 0.25) is 0 Å². The van der Waals surface area contributed by atoms with E-state index >= 15 is 0 Å². The monoisotopic (exact) mass is 418 g/mol. The van der Waals surface area contributed by atoms with Crippen LogP contribution in [0.2, 0.25) is 0 Å².